The molecule has 0 aromatic carbocycles. The summed E-state index contributed by atoms with van der Waals surface area (Å²) in [7, 11) is 0. The van der Waals surface area contributed by atoms with Crippen LogP contribution >= 0.6 is 6.72 Å². The van der Waals surface area contributed by atoms with Crippen LogP contribution < -0.4 is 17.0 Å². The molecule has 4 aromatic rings. The Morgan fingerprint density at radius 2 is 1.88 bits per heavy atom. The molecule has 6 heterocycles. The third-order valence-electron chi connectivity index (χ3n) is 6.88. The van der Waals surface area contributed by atoms with Gasteiger partial charge in [-0.3, -0.25) is 18.9 Å². The van der Waals surface area contributed by atoms with E-state index in [1.807, 2.05) is 0 Å². The average molecular weight is 648 g/mol. The van der Waals surface area contributed by atoms with Crippen molar-refractivity contribution in [3.05, 3.63) is 23.0 Å². The number of imidazole rings is 1. The van der Waals surface area contributed by atoms with Crippen LogP contribution in [0, 0.1) is 0 Å². The van der Waals surface area contributed by atoms with Crippen LogP contribution in [0.1, 0.15) is 18.9 Å². The van der Waals surface area contributed by atoms with Crippen LogP contribution in [-0.4, -0.2) is 110 Å². The number of alkyl halides is 2. The van der Waals surface area contributed by atoms with Gasteiger partial charge in [0.15, 0.2) is 47.4 Å². The number of H-pyrrole nitrogens is 1. The van der Waals surface area contributed by atoms with Crippen LogP contribution in [0.5, 0.6) is 0 Å². The summed E-state index contributed by atoms with van der Waals surface area (Å²) in [6.07, 6.45) is -10.7. The molecule has 43 heavy (non-hydrogen) atoms. The zero-order valence-electron chi connectivity index (χ0n) is 21.6. The maximum atomic E-state index is 15.5. The monoisotopic (exact) mass is 647 g/mol. The van der Waals surface area contributed by atoms with E-state index in [-0.39, 0.29) is 40.5 Å². The highest BCUT2D eigenvalue weighted by molar-refractivity contribution is 8.07. The molecular formula is C20H24F2N11O8PS. The van der Waals surface area contributed by atoms with Gasteiger partial charge in [0.25, 0.3) is 5.56 Å². The molecule has 0 spiro atoms. The van der Waals surface area contributed by atoms with Crippen LogP contribution in [-0.2, 0) is 30.3 Å². The lowest BCUT2D eigenvalue weighted by Gasteiger charge is -2.25. The molecule has 6 rings (SSSR count). The predicted octanol–water partition coefficient (Wildman–Crippen LogP) is -1.65. The van der Waals surface area contributed by atoms with E-state index in [4.69, 9.17) is 41.8 Å². The number of hydrogen-bond donors (Lipinski definition) is 6. The van der Waals surface area contributed by atoms with Crippen molar-refractivity contribution in [3.63, 3.8) is 0 Å². The molecule has 2 aliphatic rings. The lowest BCUT2D eigenvalue weighted by atomic mass is 10.1. The molecule has 2 fully saturated rings. The summed E-state index contributed by atoms with van der Waals surface area (Å²) >= 11 is 5.08. The number of anilines is 2. The van der Waals surface area contributed by atoms with Gasteiger partial charge in [-0.05, 0) is 18.2 Å². The number of ether oxygens (including phenoxy) is 2. The number of aromatic nitrogens is 9. The Morgan fingerprint density at radius 1 is 1.12 bits per heavy atom. The molecule has 1 unspecified atom stereocenters. The normalized spacial score (nSPS) is 30.8. The van der Waals surface area contributed by atoms with Crippen molar-refractivity contribution in [2.75, 3.05) is 24.7 Å². The second-order valence-electron chi connectivity index (χ2n) is 9.60. The van der Waals surface area contributed by atoms with E-state index in [1.165, 1.54) is 10.9 Å². The number of hydrogen-bond acceptors (Lipinski definition) is 16. The third kappa shape index (κ3) is 5.34. The van der Waals surface area contributed by atoms with Gasteiger partial charge in [0.05, 0.1) is 19.0 Å². The first-order valence-electron chi connectivity index (χ1n) is 12.6. The van der Waals surface area contributed by atoms with Gasteiger partial charge in [-0.2, -0.15) is 9.67 Å². The van der Waals surface area contributed by atoms with E-state index in [2.05, 4.69) is 35.2 Å². The molecule has 19 nitrogen and oxygen atoms in total. The number of aliphatic hydroxyl groups excluding tert-OH is 2. The second-order valence-corrected chi connectivity index (χ2v) is 12.4. The number of fused-ring (bicyclic) bond motifs is 2. The van der Waals surface area contributed by atoms with E-state index in [0.29, 0.717) is 0 Å². The minimum Gasteiger partial charge on any atom is -0.396 e. The van der Waals surface area contributed by atoms with E-state index >= 15 is 8.78 Å². The van der Waals surface area contributed by atoms with Crippen molar-refractivity contribution in [3.8, 4) is 0 Å². The van der Waals surface area contributed by atoms with Crippen molar-refractivity contribution in [2.24, 2.45) is 0 Å². The molecule has 232 valence electrons. The van der Waals surface area contributed by atoms with Gasteiger partial charge in [0.2, 0.25) is 5.95 Å². The van der Waals surface area contributed by atoms with Gasteiger partial charge >= 0.3 is 6.72 Å². The van der Waals surface area contributed by atoms with Crippen molar-refractivity contribution in [1.29, 1.82) is 0 Å². The van der Waals surface area contributed by atoms with Crippen LogP contribution in [0.3, 0.4) is 0 Å². The maximum absolute atomic E-state index is 15.5. The summed E-state index contributed by atoms with van der Waals surface area (Å²) < 4.78 is 54.9. The Morgan fingerprint density at radius 3 is 2.65 bits per heavy atom. The van der Waals surface area contributed by atoms with Crippen LogP contribution in [0.2, 0.25) is 0 Å². The number of nitrogens with one attached hydrogen (secondary N) is 1. The Labute approximate surface area is 243 Å². The largest absolute Gasteiger partial charge is 0.396 e. The van der Waals surface area contributed by atoms with E-state index in [0.717, 1.165) is 11.0 Å². The highest BCUT2D eigenvalue weighted by Crippen LogP contribution is 2.51. The standard InChI is InChI=1S/C20H24F2N11O8PS/c21-8-6(1-2-34)39-19(33-16-11(30-31-33)17(36)29-20(24)28-16)13(8)41-42(37,43)38-3-7-12(35)9(22)18(40-7)32-5-27-10-14(23)25-4-26-15(10)32/h4-9,12-13,18-19,34-35H,1-3H2,(H,37,43)(H2,23,25,26)(H3,24,28,29,36)/t6-,7-,8-,9+,12-,13-,18-,19-,42?/m1/s1. The fourth-order valence-electron chi connectivity index (χ4n) is 4.86. The molecule has 0 radical (unpaired) electrons. The minimum absolute atomic E-state index is 0.0576. The molecule has 0 aliphatic carbocycles. The van der Waals surface area contributed by atoms with E-state index in [1.54, 1.807) is 0 Å². The molecule has 0 bridgehead atoms. The zero-order chi connectivity index (χ0) is 30.6. The molecule has 4 aromatic heterocycles. The highest BCUT2D eigenvalue weighted by Gasteiger charge is 2.51. The van der Waals surface area contributed by atoms with Crippen molar-refractivity contribution < 1.29 is 42.4 Å². The first-order chi connectivity index (χ1) is 20.5. The number of rotatable bonds is 9. The predicted molar refractivity (Wildman–Crippen MR) is 143 cm³/mol. The lowest BCUT2D eigenvalue weighted by Crippen LogP contribution is -2.33. The average Bonchev–Trinajstić information content (AvgIpc) is 3.71. The molecule has 2 saturated heterocycles. The molecule has 23 heteroatoms. The number of nitrogens with two attached hydrogens (primary N) is 2. The molecule has 2 aliphatic heterocycles. The molecule has 9 atom stereocenters. The molecule has 0 amide bonds. The fraction of sp³-hybridized carbons (Fsp3) is 0.550. The topological polar surface area (TPSA) is 270 Å². The van der Waals surface area contributed by atoms with Gasteiger partial charge in [0.1, 0.15) is 30.2 Å². The van der Waals surface area contributed by atoms with E-state index < -0.39 is 74.7 Å². The number of halogens is 2. The van der Waals surface area contributed by atoms with Crippen molar-refractivity contribution in [2.45, 2.75) is 55.6 Å². The number of aromatic amines is 1. The summed E-state index contributed by atoms with van der Waals surface area (Å²) in [4.78, 5) is 41.2. The first kappa shape index (κ1) is 29.7. The van der Waals surface area contributed by atoms with Gasteiger partial charge in [-0.25, -0.2) is 23.7 Å². The summed E-state index contributed by atoms with van der Waals surface area (Å²) in [5.41, 5.74) is 10.6. The Bertz CT molecular complexity index is 1760. The van der Waals surface area contributed by atoms with Crippen molar-refractivity contribution >= 4 is 52.6 Å². The first-order valence-corrected chi connectivity index (χ1v) is 15.2. The maximum Gasteiger partial charge on any atom is 0.325 e. The summed E-state index contributed by atoms with van der Waals surface area (Å²) in [5, 5.41) is 27.4. The summed E-state index contributed by atoms with van der Waals surface area (Å²) in [6, 6.07) is 0. The zero-order valence-corrected chi connectivity index (χ0v) is 23.3. The fourth-order valence-corrected chi connectivity index (χ4v) is 6.27. The molecular weight excluding hydrogens is 623 g/mol. The van der Waals surface area contributed by atoms with Crippen LogP contribution in [0.25, 0.3) is 22.3 Å². The number of nitrogens with zero attached hydrogens (tertiary/aromatic N) is 8. The van der Waals surface area contributed by atoms with Crippen molar-refractivity contribution in [1.82, 2.24) is 44.5 Å². The highest BCUT2D eigenvalue weighted by atomic mass is 32.5. The smallest absolute Gasteiger partial charge is 0.325 e. The summed E-state index contributed by atoms with van der Waals surface area (Å²) in [6.45, 7) is -5.48. The van der Waals surface area contributed by atoms with Crippen LogP contribution in [0.4, 0.5) is 20.5 Å². The quantitative estimate of drug-likeness (QED) is 0.111. The van der Waals surface area contributed by atoms with Gasteiger partial charge in [-0.15, -0.1) is 5.10 Å². The van der Waals surface area contributed by atoms with Gasteiger partial charge < -0.3 is 40.6 Å². The number of nitrogen functional groups attached to an aromatic ring is 2. The van der Waals surface area contributed by atoms with Gasteiger partial charge in [-0.1, -0.05) is 5.21 Å². The SMILES string of the molecule is Nc1nc2c(nnn2[C@@H]2O[C@H](CCO)[C@@H](F)[C@H]2OP(O)(=S)OC[C@H]2O[C@@H](n3cnc4c(N)ncnc43)[C@@H](F)[C@@H]2O)c(=O)[nH]1. The minimum atomic E-state index is -4.36. The van der Waals surface area contributed by atoms with E-state index in [9.17, 15) is 19.9 Å². The molecule has 8 N–H and O–H groups in total. The number of aliphatic hydroxyl groups is 2. The van der Waals surface area contributed by atoms with Crippen LogP contribution in [0.15, 0.2) is 17.4 Å². The third-order valence-corrected chi connectivity index (χ3v) is 8.44. The second kappa shape index (κ2) is 11.3. The van der Waals surface area contributed by atoms with Gasteiger partial charge in [0, 0.05) is 6.61 Å². The lowest BCUT2D eigenvalue weighted by molar-refractivity contribution is -0.0553. The molecule has 0 saturated carbocycles. The Hall–Kier alpha value is -3.34. The Balaban J connectivity index is 1.19. The summed E-state index contributed by atoms with van der Waals surface area (Å²) in [5.74, 6) is -0.225. The Kier molecular flexibility index (Phi) is 7.81.